The van der Waals surface area contributed by atoms with Crippen LogP contribution < -0.4 is 26.6 Å². The number of rotatable bonds is 6. The van der Waals surface area contributed by atoms with E-state index < -0.39 is 100 Å². The molecule has 0 aliphatic carbocycles. The number of phenols is 1. The van der Waals surface area contributed by atoms with Crippen molar-refractivity contribution in [2.24, 2.45) is 5.41 Å². The van der Waals surface area contributed by atoms with Crippen molar-refractivity contribution in [2.75, 3.05) is 33.3 Å². The first kappa shape index (κ1) is 39.5. The average molecular weight is 793 g/mol. The molecule has 6 fully saturated rings. The van der Waals surface area contributed by atoms with Crippen molar-refractivity contribution >= 4 is 53.2 Å². The summed E-state index contributed by atoms with van der Waals surface area (Å²) in [5, 5.41) is 23.6. The summed E-state index contributed by atoms with van der Waals surface area (Å²) in [4.78, 5) is 127. The van der Waals surface area contributed by atoms with Gasteiger partial charge in [-0.2, -0.15) is 0 Å². The van der Waals surface area contributed by atoms with Gasteiger partial charge in [-0.3, -0.25) is 38.4 Å². The maximum atomic E-state index is 14.8. The Labute approximate surface area is 327 Å². The van der Waals surface area contributed by atoms with E-state index in [0.29, 0.717) is 5.56 Å². The van der Waals surface area contributed by atoms with Crippen LogP contribution in [0.5, 0.6) is 5.75 Å². The van der Waals surface area contributed by atoms with Crippen molar-refractivity contribution in [1.29, 1.82) is 0 Å². The van der Waals surface area contributed by atoms with Gasteiger partial charge in [-0.05, 0) is 56.2 Å². The highest BCUT2D eigenvalue weighted by atomic mass is 16.5. The molecule has 7 rings (SSSR count). The minimum atomic E-state index is -1.84. The van der Waals surface area contributed by atoms with Crippen molar-refractivity contribution in [2.45, 2.75) is 107 Å². The lowest BCUT2D eigenvalue weighted by Gasteiger charge is -2.58. The number of piperazine rings is 3. The molecule has 19 nitrogen and oxygen atoms in total. The normalized spacial score (nSPS) is 31.6. The summed E-state index contributed by atoms with van der Waals surface area (Å²) in [5.74, 6) is -4.97. The molecule has 6 aliphatic heterocycles. The second-order valence-corrected chi connectivity index (χ2v) is 17.1. The number of benzene rings is 1. The zero-order valence-corrected chi connectivity index (χ0v) is 32.3. The summed E-state index contributed by atoms with van der Waals surface area (Å²) < 4.78 is 5.17. The Kier molecular flexibility index (Phi) is 9.71. The summed E-state index contributed by atoms with van der Waals surface area (Å²) in [6.07, 6.45) is 0.0237. The predicted octanol–water partition coefficient (Wildman–Crippen LogP) is -2.67. The zero-order valence-electron chi connectivity index (χ0n) is 32.3. The van der Waals surface area contributed by atoms with E-state index in [1.54, 1.807) is 32.9 Å². The van der Waals surface area contributed by atoms with Crippen LogP contribution in [0.15, 0.2) is 24.3 Å². The third-order valence-corrected chi connectivity index (χ3v) is 12.3. The van der Waals surface area contributed by atoms with Crippen molar-refractivity contribution in [3.05, 3.63) is 29.8 Å². The van der Waals surface area contributed by atoms with Gasteiger partial charge in [-0.1, -0.05) is 32.9 Å². The number of nitrogens with zero attached hydrogens (tertiary/aromatic N) is 3. The third kappa shape index (κ3) is 6.79. The Balaban J connectivity index is 1.14. The lowest BCUT2D eigenvalue weighted by molar-refractivity contribution is -0.175. The lowest BCUT2D eigenvalue weighted by atomic mass is 9.74. The molecule has 0 aromatic heterocycles. The highest BCUT2D eigenvalue weighted by Crippen LogP contribution is 2.40. The summed E-state index contributed by atoms with van der Waals surface area (Å²) in [5.41, 5.74) is -5.37. The molecular weight excluding hydrogens is 744 g/mol. The van der Waals surface area contributed by atoms with E-state index in [2.05, 4.69) is 26.6 Å². The smallest absolute Gasteiger partial charge is 0.333 e. The molecule has 6 aliphatic rings. The molecule has 0 saturated carbocycles. The van der Waals surface area contributed by atoms with Crippen LogP contribution in [-0.4, -0.2) is 147 Å². The van der Waals surface area contributed by atoms with Gasteiger partial charge >= 0.3 is 5.97 Å². The Morgan fingerprint density at radius 2 is 1.33 bits per heavy atom. The second-order valence-electron chi connectivity index (χ2n) is 17.1. The van der Waals surface area contributed by atoms with Crippen LogP contribution in [0.1, 0.15) is 64.9 Å². The highest BCUT2D eigenvalue weighted by Gasteiger charge is 2.63. The van der Waals surface area contributed by atoms with E-state index in [9.17, 15) is 48.3 Å². The molecule has 1 aromatic carbocycles. The number of phenolic OH excluding ortho intramolecular Hbond substituents is 1. The Morgan fingerprint density at radius 1 is 0.807 bits per heavy atom. The molecule has 6 heterocycles. The van der Waals surface area contributed by atoms with Gasteiger partial charge in [-0.25, -0.2) is 4.79 Å². The van der Waals surface area contributed by atoms with E-state index >= 15 is 0 Å². The van der Waals surface area contributed by atoms with Gasteiger partial charge in [-0.15, -0.1) is 0 Å². The Morgan fingerprint density at radius 3 is 1.89 bits per heavy atom. The summed E-state index contributed by atoms with van der Waals surface area (Å²) >= 11 is 0. The van der Waals surface area contributed by atoms with E-state index in [1.165, 1.54) is 26.8 Å². The standard InChI is InChI=1S/C38H48N8O11/c1-35(2,3)31(53)40-22(15-20-5-7-21(47)8-6-20)27(49)41-38(34(56)57-4)14-11-25-30(52)43-37(33(55)46(25)19-38)13-10-24-29(51)42-36(32(54)45(24)18-37)12-9-23-28(50)39-16-26(48)44(23)17-36/h5-8,22-25,47H,9-19H2,1-4H3,(H,39,50)(H,40,53)(H,41,49)(H,42,51)(H,43,52)/t22-,23-,24-,25?,36-,37-,38-/m0/s1. The van der Waals surface area contributed by atoms with E-state index in [-0.39, 0.29) is 76.2 Å². The number of fused-ring (bicyclic) bond motifs is 3. The molecule has 6 N–H and O–H groups in total. The van der Waals surface area contributed by atoms with E-state index in [1.807, 2.05) is 0 Å². The van der Waals surface area contributed by atoms with Gasteiger partial charge in [0.1, 0.15) is 41.0 Å². The van der Waals surface area contributed by atoms with Crippen molar-refractivity contribution in [3.8, 4) is 5.75 Å². The van der Waals surface area contributed by atoms with E-state index in [4.69, 9.17) is 4.74 Å². The number of ether oxygens (including phenoxy) is 1. The lowest BCUT2D eigenvalue weighted by Crippen LogP contribution is -2.83. The maximum Gasteiger partial charge on any atom is 0.333 e. The van der Waals surface area contributed by atoms with Crippen molar-refractivity contribution in [1.82, 2.24) is 41.3 Å². The average Bonchev–Trinajstić information content (AvgIpc) is 3.17. The van der Waals surface area contributed by atoms with Gasteiger partial charge in [0.05, 0.1) is 33.3 Å². The molecule has 19 heteroatoms. The van der Waals surface area contributed by atoms with E-state index in [0.717, 1.165) is 7.11 Å². The van der Waals surface area contributed by atoms with Crippen molar-refractivity contribution in [3.63, 3.8) is 0 Å². The number of carbonyl (C=O) groups excluding carboxylic acids is 9. The molecular formula is C38H48N8O11. The van der Waals surface area contributed by atoms with Crippen LogP contribution in [0.25, 0.3) is 0 Å². The molecule has 0 radical (unpaired) electrons. The molecule has 6 saturated heterocycles. The third-order valence-electron chi connectivity index (χ3n) is 12.3. The number of hydrogen-bond acceptors (Lipinski definition) is 11. The first-order valence-electron chi connectivity index (χ1n) is 19.1. The van der Waals surface area contributed by atoms with Crippen LogP contribution in [0.2, 0.25) is 0 Å². The van der Waals surface area contributed by atoms with Crippen LogP contribution in [0.3, 0.4) is 0 Å². The molecule has 57 heavy (non-hydrogen) atoms. The number of amides is 8. The first-order valence-corrected chi connectivity index (χ1v) is 19.1. The molecule has 1 unspecified atom stereocenters. The summed E-state index contributed by atoms with van der Waals surface area (Å²) in [7, 11) is 1.13. The van der Waals surface area contributed by atoms with Gasteiger partial charge in [0.15, 0.2) is 5.54 Å². The molecule has 2 spiro atoms. The Hall–Kier alpha value is -5.75. The number of methoxy groups -OCH3 is 1. The topological polar surface area (TPSA) is 253 Å². The number of nitrogens with one attached hydrogen (secondary N) is 5. The SMILES string of the molecule is COC(=O)[C@]1(NC(=O)[C@H](Cc2ccc(O)cc2)NC(=O)C(C)(C)C)CCC2C(=O)N[C@]3(CC[C@H]4C(=O)N[C@]5(CC[C@H]6C(=O)NCC(=O)N6C5)C(=O)N4C3)C(=O)N2C1. The number of carbonyl (C=O) groups is 9. The molecule has 7 atom stereocenters. The number of hydrogen-bond donors (Lipinski definition) is 6. The van der Waals surface area contributed by atoms with Gasteiger partial charge < -0.3 is 51.1 Å². The summed E-state index contributed by atoms with van der Waals surface area (Å²) in [6, 6.07) is 2.09. The molecule has 8 amide bonds. The number of esters is 1. The fraction of sp³-hybridized carbons (Fsp3) is 0.605. The number of piperidine rings is 3. The van der Waals surface area contributed by atoms with Crippen LogP contribution in [-0.2, 0) is 54.3 Å². The van der Waals surface area contributed by atoms with Crippen LogP contribution in [0, 0.1) is 5.41 Å². The minimum Gasteiger partial charge on any atom is -0.508 e. The number of aromatic hydroxyl groups is 1. The Bertz CT molecular complexity index is 1950. The van der Waals surface area contributed by atoms with Crippen LogP contribution >= 0.6 is 0 Å². The van der Waals surface area contributed by atoms with Crippen molar-refractivity contribution < 1.29 is 53.0 Å². The molecule has 306 valence electrons. The largest absolute Gasteiger partial charge is 0.508 e. The monoisotopic (exact) mass is 792 g/mol. The quantitative estimate of drug-likeness (QED) is 0.162. The first-order chi connectivity index (χ1) is 26.8. The molecule has 1 aromatic rings. The predicted molar refractivity (Wildman–Crippen MR) is 195 cm³/mol. The maximum absolute atomic E-state index is 14.8. The fourth-order valence-electron chi connectivity index (χ4n) is 9.08. The fourth-order valence-corrected chi connectivity index (χ4v) is 9.08. The summed E-state index contributed by atoms with van der Waals surface area (Å²) in [6.45, 7) is 3.72. The minimum absolute atomic E-state index is 0.00493. The highest BCUT2D eigenvalue weighted by molar-refractivity contribution is 6.05. The second kappa shape index (κ2) is 14.0. The van der Waals surface area contributed by atoms with Crippen LogP contribution in [0.4, 0.5) is 0 Å². The van der Waals surface area contributed by atoms with Gasteiger partial charge in [0.2, 0.25) is 35.4 Å². The van der Waals surface area contributed by atoms with Gasteiger partial charge in [0, 0.05) is 11.8 Å². The molecule has 0 bridgehead atoms. The zero-order chi connectivity index (χ0) is 41.2. The van der Waals surface area contributed by atoms with Gasteiger partial charge in [0.25, 0.3) is 11.8 Å².